The number of rotatable bonds is 8. The Hall–Kier alpha value is -1.40. The van der Waals surface area contributed by atoms with E-state index in [1.165, 1.54) is 0 Å². The van der Waals surface area contributed by atoms with Gasteiger partial charge in [-0.15, -0.1) is 0 Å². The lowest BCUT2D eigenvalue weighted by Gasteiger charge is -2.22. The number of methoxy groups -OCH3 is 1. The van der Waals surface area contributed by atoms with Gasteiger partial charge in [0, 0.05) is 32.9 Å². The van der Waals surface area contributed by atoms with E-state index in [2.05, 4.69) is 21.8 Å². The van der Waals surface area contributed by atoms with Crippen molar-refractivity contribution in [1.29, 1.82) is 0 Å². The fourth-order valence-corrected chi connectivity index (χ4v) is 1.56. The Balaban J connectivity index is 2.81. The van der Waals surface area contributed by atoms with Crippen LogP contribution in [-0.2, 0) is 16.1 Å². The average molecular weight is 254 g/mol. The molecule has 0 amide bonds. The Bertz CT molecular complexity index is 360. The van der Waals surface area contributed by atoms with Crippen LogP contribution in [0.25, 0.3) is 0 Å². The van der Waals surface area contributed by atoms with Gasteiger partial charge in [-0.25, -0.2) is 9.97 Å². The summed E-state index contributed by atoms with van der Waals surface area (Å²) < 4.78 is 10.4. The first-order chi connectivity index (χ1) is 8.71. The maximum Gasteiger partial charge on any atom is 0.158 e. The van der Waals surface area contributed by atoms with E-state index in [-0.39, 0.29) is 0 Å². The molecule has 6 nitrogen and oxygen atoms in total. The molecule has 0 radical (unpaired) electrons. The van der Waals surface area contributed by atoms with Crippen LogP contribution in [0.3, 0.4) is 0 Å². The molecular weight excluding hydrogens is 232 g/mol. The van der Waals surface area contributed by atoms with E-state index < -0.39 is 0 Å². The third-order valence-corrected chi connectivity index (χ3v) is 2.49. The highest BCUT2D eigenvalue weighted by Crippen LogP contribution is 2.14. The van der Waals surface area contributed by atoms with Gasteiger partial charge in [-0.2, -0.15) is 0 Å². The zero-order valence-corrected chi connectivity index (χ0v) is 11.3. The molecule has 0 fully saturated rings. The summed E-state index contributed by atoms with van der Waals surface area (Å²) in [6.45, 7) is 7.29. The quantitative estimate of drug-likeness (QED) is 0.748. The predicted molar refractivity (Wildman–Crippen MR) is 71.5 cm³/mol. The SMILES string of the molecule is CCOCc1nc(N)cc(N(CC)CCOC)n1. The Morgan fingerprint density at radius 3 is 2.72 bits per heavy atom. The lowest BCUT2D eigenvalue weighted by atomic mass is 10.4. The number of nitrogen functional groups attached to an aromatic ring is 1. The van der Waals surface area contributed by atoms with Crippen LogP contribution in [0.1, 0.15) is 19.7 Å². The van der Waals surface area contributed by atoms with Gasteiger partial charge in [0.25, 0.3) is 0 Å². The second-order valence-corrected chi connectivity index (χ2v) is 3.78. The minimum Gasteiger partial charge on any atom is -0.384 e. The zero-order valence-electron chi connectivity index (χ0n) is 11.3. The summed E-state index contributed by atoms with van der Waals surface area (Å²) in [6.07, 6.45) is 0. The van der Waals surface area contributed by atoms with Crippen molar-refractivity contribution in [2.24, 2.45) is 0 Å². The van der Waals surface area contributed by atoms with Crippen molar-refractivity contribution < 1.29 is 9.47 Å². The lowest BCUT2D eigenvalue weighted by Crippen LogP contribution is -2.28. The first kappa shape index (κ1) is 14.7. The molecule has 0 saturated heterocycles. The van der Waals surface area contributed by atoms with Crippen LogP contribution < -0.4 is 10.6 Å². The molecular formula is C12H22N4O2. The molecule has 1 rings (SSSR count). The number of likely N-dealkylation sites (N-methyl/N-ethyl adjacent to an activating group) is 1. The van der Waals surface area contributed by atoms with Crippen LogP contribution in [0.4, 0.5) is 11.6 Å². The van der Waals surface area contributed by atoms with Gasteiger partial charge in [0.2, 0.25) is 0 Å². The smallest absolute Gasteiger partial charge is 0.158 e. The van der Waals surface area contributed by atoms with E-state index in [0.29, 0.717) is 31.5 Å². The van der Waals surface area contributed by atoms with Crippen LogP contribution in [-0.4, -0.2) is 43.4 Å². The summed E-state index contributed by atoms with van der Waals surface area (Å²) in [4.78, 5) is 10.7. The van der Waals surface area contributed by atoms with Gasteiger partial charge < -0.3 is 20.1 Å². The Morgan fingerprint density at radius 1 is 1.33 bits per heavy atom. The molecule has 0 spiro atoms. The second kappa shape index (κ2) is 7.84. The average Bonchev–Trinajstić information content (AvgIpc) is 2.37. The minimum atomic E-state index is 0.385. The minimum absolute atomic E-state index is 0.385. The molecule has 102 valence electrons. The molecule has 0 aliphatic carbocycles. The fourth-order valence-electron chi connectivity index (χ4n) is 1.56. The van der Waals surface area contributed by atoms with Gasteiger partial charge in [-0.1, -0.05) is 0 Å². The Morgan fingerprint density at radius 2 is 2.11 bits per heavy atom. The number of anilines is 2. The number of hydrogen-bond donors (Lipinski definition) is 1. The predicted octanol–water partition coefficient (Wildman–Crippen LogP) is 1.07. The van der Waals surface area contributed by atoms with Crippen LogP contribution >= 0.6 is 0 Å². The van der Waals surface area contributed by atoms with Crippen molar-refractivity contribution in [3.63, 3.8) is 0 Å². The van der Waals surface area contributed by atoms with E-state index >= 15 is 0 Å². The van der Waals surface area contributed by atoms with Crippen LogP contribution in [0.5, 0.6) is 0 Å². The second-order valence-electron chi connectivity index (χ2n) is 3.78. The van der Waals surface area contributed by atoms with E-state index in [4.69, 9.17) is 15.2 Å². The van der Waals surface area contributed by atoms with Crippen molar-refractivity contribution in [1.82, 2.24) is 9.97 Å². The molecule has 0 unspecified atom stereocenters. The third-order valence-electron chi connectivity index (χ3n) is 2.49. The van der Waals surface area contributed by atoms with Gasteiger partial charge >= 0.3 is 0 Å². The monoisotopic (exact) mass is 254 g/mol. The van der Waals surface area contributed by atoms with Gasteiger partial charge in [-0.05, 0) is 13.8 Å². The standard InChI is InChI=1S/C12H22N4O2/c1-4-16(6-7-17-3)12-8-10(13)14-11(15-12)9-18-5-2/h8H,4-7,9H2,1-3H3,(H2,13,14,15). The number of ether oxygens (including phenoxy) is 2. The molecule has 0 aromatic carbocycles. The Labute approximate surface area is 108 Å². The molecule has 0 atom stereocenters. The lowest BCUT2D eigenvalue weighted by molar-refractivity contribution is 0.128. The molecule has 0 saturated carbocycles. The molecule has 6 heteroatoms. The molecule has 18 heavy (non-hydrogen) atoms. The number of nitrogens with two attached hydrogens (primary N) is 1. The van der Waals surface area contributed by atoms with Gasteiger partial charge in [0.05, 0.1) is 6.61 Å². The normalized spacial score (nSPS) is 10.6. The van der Waals surface area contributed by atoms with Crippen molar-refractivity contribution in [2.45, 2.75) is 20.5 Å². The highest BCUT2D eigenvalue weighted by molar-refractivity contribution is 5.46. The van der Waals surface area contributed by atoms with Crippen molar-refractivity contribution in [3.05, 3.63) is 11.9 Å². The van der Waals surface area contributed by atoms with Crippen LogP contribution in [0, 0.1) is 0 Å². The van der Waals surface area contributed by atoms with Crippen molar-refractivity contribution >= 4 is 11.6 Å². The van der Waals surface area contributed by atoms with Crippen molar-refractivity contribution in [3.8, 4) is 0 Å². The maximum absolute atomic E-state index is 5.79. The first-order valence-electron chi connectivity index (χ1n) is 6.16. The maximum atomic E-state index is 5.79. The fraction of sp³-hybridized carbons (Fsp3) is 0.667. The van der Waals surface area contributed by atoms with Gasteiger partial charge in [0.15, 0.2) is 5.82 Å². The molecule has 1 aromatic heterocycles. The molecule has 2 N–H and O–H groups in total. The van der Waals surface area contributed by atoms with Gasteiger partial charge in [-0.3, -0.25) is 0 Å². The summed E-state index contributed by atoms with van der Waals surface area (Å²) in [5, 5.41) is 0. The Kier molecular flexibility index (Phi) is 6.38. The first-order valence-corrected chi connectivity index (χ1v) is 6.16. The van der Waals surface area contributed by atoms with Crippen molar-refractivity contribution in [2.75, 3.05) is 44.0 Å². The van der Waals surface area contributed by atoms with E-state index in [0.717, 1.165) is 18.9 Å². The highest BCUT2D eigenvalue weighted by atomic mass is 16.5. The number of hydrogen-bond acceptors (Lipinski definition) is 6. The largest absolute Gasteiger partial charge is 0.384 e. The van der Waals surface area contributed by atoms with Crippen LogP contribution in [0.15, 0.2) is 6.07 Å². The summed E-state index contributed by atoms with van der Waals surface area (Å²) in [5.41, 5.74) is 5.79. The van der Waals surface area contributed by atoms with E-state index in [1.54, 1.807) is 13.2 Å². The topological polar surface area (TPSA) is 73.5 Å². The third kappa shape index (κ3) is 4.46. The highest BCUT2D eigenvalue weighted by Gasteiger charge is 2.09. The molecule has 0 aliphatic rings. The van der Waals surface area contributed by atoms with Crippen LogP contribution in [0.2, 0.25) is 0 Å². The summed E-state index contributed by atoms with van der Waals surface area (Å²) in [6, 6.07) is 1.77. The molecule has 0 aliphatic heterocycles. The molecule has 0 bridgehead atoms. The van der Waals surface area contributed by atoms with E-state index in [9.17, 15) is 0 Å². The summed E-state index contributed by atoms with van der Waals surface area (Å²) in [7, 11) is 1.68. The van der Waals surface area contributed by atoms with E-state index in [1.807, 2.05) is 6.92 Å². The molecule has 1 heterocycles. The van der Waals surface area contributed by atoms with Gasteiger partial charge in [0.1, 0.15) is 18.2 Å². The number of aromatic nitrogens is 2. The summed E-state index contributed by atoms with van der Waals surface area (Å²) in [5.74, 6) is 1.89. The zero-order chi connectivity index (χ0) is 13.4. The molecule has 1 aromatic rings. The number of nitrogens with zero attached hydrogens (tertiary/aromatic N) is 3. The summed E-state index contributed by atoms with van der Waals surface area (Å²) >= 11 is 0.